The summed E-state index contributed by atoms with van der Waals surface area (Å²) in [5, 5.41) is 19.4. The van der Waals surface area contributed by atoms with Gasteiger partial charge in [0.05, 0.1) is 11.6 Å². The van der Waals surface area contributed by atoms with Crippen LogP contribution < -0.4 is 4.74 Å². The molecule has 0 aliphatic carbocycles. The van der Waals surface area contributed by atoms with Crippen molar-refractivity contribution >= 4 is 21.9 Å². The molecular formula is C11H11BrO5. The molecule has 1 heterocycles. The van der Waals surface area contributed by atoms with Crippen molar-refractivity contribution in [1.82, 2.24) is 0 Å². The molecule has 1 aromatic carbocycles. The van der Waals surface area contributed by atoms with Crippen LogP contribution in [0.1, 0.15) is 22.8 Å². The first-order valence-corrected chi connectivity index (χ1v) is 5.77. The van der Waals surface area contributed by atoms with E-state index in [0.717, 1.165) is 0 Å². The number of phenols is 2. The van der Waals surface area contributed by atoms with Gasteiger partial charge >= 0.3 is 5.97 Å². The number of methoxy groups -OCH3 is 1. The van der Waals surface area contributed by atoms with Crippen molar-refractivity contribution in [2.24, 2.45) is 0 Å². The number of phenolic OH excluding ortho intramolecular Hbond substituents is 2. The minimum atomic E-state index is -0.563. The molecule has 2 N–H and O–H groups in total. The summed E-state index contributed by atoms with van der Waals surface area (Å²) in [6.45, 7) is 1.75. The van der Waals surface area contributed by atoms with Gasteiger partial charge < -0.3 is 19.7 Å². The molecule has 0 aromatic heterocycles. The SMILES string of the molecule is COc1c(O)c(O)c(Br)c2c1C(=O)OC(C)C2. The van der Waals surface area contributed by atoms with Crippen LogP contribution >= 0.6 is 15.9 Å². The maximum absolute atomic E-state index is 11.8. The third-order valence-electron chi connectivity index (χ3n) is 2.65. The normalized spacial score (nSPS) is 18.5. The molecule has 0 saturated heterocycles. The van der Waals surface area contributed by atoms with Crippen molar-refractivity contribution in [2.45, 2.75) is 19.4 Å². The lowest BCUT2D eigenvalue weighted by Gasteiger charge is -2.25. The Morgan fingerprint density at radius 1 is 1.41 bits per heavy atom. The average Bonchev–Trinajstić information content (AvgIpc) is 2.28. The number of benzene rings is 1. The van der Waals surface area contributed by atoms with Gasteiger partial charge in [0.15, 0.2) is 11.5 Å². The molecule has 0 fully saturated rings. The maximum atomic E-state index is 11.8. The van der Waals surface area contributed by atoms with E-state index < -0.39 is 11.7 Å². The summed E-state index contributed by atoms with van der Waals surface area (Å²) in [5.74, 6) is -1.42. The lowest BCUT2D eigenvalue weighted by molar-refractivity contribution is 0.0294. The number of carbonyl (C=O) groups is 1. The second kappa shape index (κ2) is 4.10. The van der Waals surface area contributed by atoms with E-state index >= 15 is 0 Å². The zero-order valence-corrected chi connectivity index (χ0v) is 10.9. The largest absolute Gasteiger partial charge is 0.503 e. The molecule has 17 heavy (non-hydrogen) atoms. The molecule has 0 spiro atoms. The van der Waals surface area contributed by atoms with Crippen LogP contribution in [-0.2, 0) is 11.2 Å². The van der Waals surface area contributed by atoms with Gasteiger partial charge in [0.2, 0.25) is 5.75 Å². The zero-order valence-electron chi connectivity index (χ0n) is 9.28. The van der Waals surface area contributed by atoms with Crippen LogP contribution in [0.4, 0.5) is 0 Å². The molecule has 1 atom stereocenters. The van der Waals surface area contributed by atoms with Gasteiger partial charge in [-0.3, -0.25) is 0 Å². The molecule has 0 bridgehead atoms. The first-order valence-electron chi connectivity index (χ1n) is 4.98. The third-order valence-corrected chi connectivity index (χ3v) is 3.50. The van der Waals surface area contributed by atoms with E-state index in [0.29, 0.717) is 16.5 Å². The topological polar surface area (TPSA) is 76.0 Å². The van der Waals surface area contributed by atoms with Crippen molar-refractivity contribution in [2.75, 3.05) is 7.11 Å². The summed E-state index contributed by atoms with van der Waals surface area (Å²) in [6.07, 6.45) is 0.172. The summed E-state index contributed by atoms with van der Waals surface area (Å²) >= 11 is 3.16. The van der Waals surface area contributed by atoms with Crippen LogP contribution in [0.25, 0.3) is 0 Å². The van der Waals surface area contributed by atoms with Gasteiger partial charge in [0, 0.05) is 6.42 Å². The number of hydrogen-bond acceptors (Lipinski definition) is 5. The summed E-state index contributed by atoms with van der Waals surface area (Å²) < 4.78 is 10.3. The van der Waals surface area contributed by atoms with Gasteiger partial charge in [-0.15, -0.1) is 0 Å². The van der Waals surface area contributed by atoms with Gasteiger partial charge in [-0.05, 0) is 28.4 Å². The van der Waals surface area contributed by atoms with Crippen LogP contribution in [0, 0.1) is 0 Å². The lowest BCUT2D eigenvalue weighted by Crippen LogP contribution is -2.26. The predicted molar refractivity (Wildman–Crippen MR) is 62.6 cm³/mol. The maximum Gasteiger partial charge on any atom is 0.342 e. The standard InChI is InChI=1S/C11H11BrO5/c1-4-3-5-6(11(15)17-4)10(16-2)9(14)8(13)7(5)12/h4,13-14H,3H2,1-2H3. The van der Waals surface area contributed by atoms with Crippen molar-refractivity contribution in [3.63, 3.8) is 0 Å². The number of halogens is 1. The van der Waals surface area contributed by atoms with Crippen LogP contribution in [-0.4, -0.2) is 29.4 Å². The lowest BCUT2D eigenvalue weighted by atomic mass is 9.97. The fraction of sp³-hybridized carbons (Fsp3) is 0.364. The Morgan fingerprint density at radius 3 is 2.65 bits per heavy atom. The number of cyclic esters (lactones) is 1. The Morgan fingerprint density at radius 2 is 2.06 bits per heavy atom. The number of ether oxygens (including phenoxy) is 2. The van der Waals surface area contributed by atoms with Gasteiger partial charge in [-0.2, -0.15) is 0 Å². The minimum absolute atomic E-state index is 0.0578. The van der Waals surface area contributed by atoms with Crippen LogP contribution in [0.3, 0.4) is 0 Å². The fourth-order valence-electron chi connectivity index (χ4n) is 1.90. The zero-order chi connectivity index (χ0) is 12.7. The number of aromatic hydroxyl groups is 2. The van der Waals surface area contributed by atoms with Crippen LogP contribution in [0.15, 0.2) is 4.47 Å². The summed E-state index contributed by atoms with van der Waals surface area (Å²) in [4.78, 5) is 11.8. The minimum Gasteiger partial charge on any atom is -0.503 e. The van der Waals surface area contributed by atoms with E-state index in [1.807, 2.05) is 0 Å². The quantitative estimate of drug-likeness (QED) is 0.613. The van der Waals surface area contributed by atoms with Crippen LogP contribution in [0.5, 0.6) is 17.2 Å². The molecule has 0 saturated carbocycles. The van der Waals surface area contributed by atoms with Crippen molar-refractivity contribution in [3.05, 3.63) is 15.6 Å². The number of hydrogen-bond donors (Lipinski definition) is 2. The second-order valence-electron chi connectivity index (χ2n) is 3.82. The summed E-state index contributed by atoms with van der Waals surface area (Å²) in [5.41, 5.74) is 0.744. The third kappa shape index (κ3) is 1.72. The molecule has 0 amide bonds. The number of rotatable bonds is 1. The average molecular weight is 303 g/mol. The highest BCUT2D eigenvalue weighted by molar-refractivity contribution is 9.10. The number of fused-ring (bicyclic) bond motifs is 1. The van der Waals surface area contributed by atoms with Crippen molar-refractivity contribution in [1.29, 1.82) is 0 Å². The molecule has 1 aliphatic rings. The van der Waals surface area contributed by atoms with Gasteiger partial charge in [0.1, 0.15) is 11.7 Å². The Kier molecular flexibility index (Phi) is 2.91. The highest BCUT2D eigenvalue weighted by Gasteiger charge is 2.33. The van der Waals surface area contributed by atoms with Gasteiger partial charge in [-0.1, -0.05) is 0 Å². The Hall–Kier alpha value is -1.43. The van der Waals surface area contributed by atoms with Crippen LogP contribution in [0.2, 0.25) is 0 Å². The fourth-order valence-corrected chi connectivity index (χ4v) is 2.44. The monoisotopic (exact) mass is 302 g/mol. The first-order chi connectivity index (χ1) is 7.97. The van der Waals surface area contributed by atoms with Gasteiger partial charge in [-0.25, -0.2) is 4.79 Å². The molecule has 92 valence electrons. The number of carbonyl (C=O) groups excluding carboxylic acids is 1. The molecular weight excluding hydrogens is 292 g/mol. The molecule has 1 unspecified atom stereocenters. The second-order valence-corrected chi connectivity index (χ2v) is 4.61. The molecule has 0 radical (unpaired) electrons. The molecule has 2 rings (SSSR count). The van der Waals surface area contributed by atoms with Crippen molar-refractivity contribution < 1.29 is 24.5 Å². The van der Waals surface area contributed by atoms with E-state index in [9.17, 15) is 15.0 Å². The Balaban J connectivity index is 2.77. The first kappa shape index (κ1) is 12.0. The Bertz CT molecular complexity index is 497. The van der Waals surface area contributed by atoms with E-state index in [4.69, 9.17) is 9.47 Å². The van der Waals surface area contributed by atoms with E-state index in [2.05, 4.69) is 15.9 Å². The highest BCUT2D eigenvalue weighted by Crippen LogP contribution is 2.48. The number of esters is 1. The summed E-state index contributed by atoms with van der Waals surface area (Å²) in [7, 11) is 1.31. The van der Waals surface area contributed by atoms with E-state index in [1.54, 1.807) is 6.92 Å². The smallest absolute Gasteiger partial charge is 0.342 e. The molecule has 5 nitrogen and oxygen atoms in total. The molecule has 1 aromatic rings. The van der Waals surface area contributed by atoms with Gasteiger partial charge in [0.25, 0.3) is 0 Å². The molecule has 1 aliphatic heterocycles. The Labute approximate surface area is 106 Å². The van der Waals surface area contributed by atoms with E-state index in [1.165, 1.54) is 7.11 Å². The summed E-state index contributed by atoms with van der Waals surface area (Å²) in [6, 6.07) is 0. The van der Waals surface area contributed by atoms with Crippen molar-refractivity contribution in [3.8, 4) is 17.2 Å². The van der Waals surface area contributed by atoms with E-state index in [-0.39, 0.29) is 23.2 Å². The predicted octanol–water partition coefficient (Wildman–Crippen LogP) is 1.97. The molecule has 6 heteroatoms. The highest BCUT2D eigenvalue weighted by atomic mass is 79.9.